The van der Waals surface area contributed by atoms with Gasteiger partial charge in [0.25, 0.3) is 5.91 Å². The van der Waals surface area contributed by atoms with Crippen LogP contribution in [0.1, 0.15) is 28.8 Å². The normalized spacial score (nSPS) is 15.8. The maximum atomic E-state index is 13.8. The molecule has 1 fully saturated rings. The Bertz CT molecular complexity index is 1160. The highest BCUT2D eigenvalue weighted by Gasteiger charge is 2.35. The zero-order chi connectivity index (χ0) is 24.4. The lowest BCUT2D eigenvalue weighted by Crippen LogP contribution is -2.41. The van der Waals surface area contributed by atoms with Crippen LogP contribution in [0.3, 0.4) is 0 Å². The highest BCUT2D eigenvalue weighted by molar-refractivity contribution is 7.89. The second-order valence-corrected chi connectivity index (χ2v) is 9.40. The molecule has 1 aliphatic rings. The van der Waals surface area contributed by atoms with Crippen LogP contribution in [0.5, 0.6) is 0 Å². The second-order valence-electron chi connectivity index (χ2n) is 7.47. The third kappa shape index (κ3) is 5.50. The topological polar surface area (TPSA) is 95.6 Å². The average Bonchev–Trinajstić information content (AvgIpc) is 2.79. The molecule has 0 aromatic heterocycles. The van der Waals surface area contributed by atoms with Crippen molar-refractivity contribution in [1.82, 2.24) is 9.62 Å². The molecule has 0 bridgehead atoms. The fourth-order valence-corrected chi connectivity index (χ4v) is 5.01. The Kier molecular flexibility index (Phi) is 7.08. The van der Waals surface area contributed by atoms with Crippen molar-refractivity contribution in [3.05, 3.63) is 59.4 Å². The maximum absolute atomic E-state index is 13.8. The fourth-order valence-electron chi connectivity index (χ4n) is 3.50. The van der Waals surface area contributed by atoms with Gasteiger partial charge in [0.2, 0.25) is 15.9 Å². The predicted molar refractivity (Wildman–Crippen MR) is 111 cm³/mol. The number of carbonyl (C=O) groups is 2. The largest absolute Gasteiger partial charge is 0.416 e. The second kappa shape index (κ2) is 9.48. The monoisotopic (exact) mass is 487 g/mol. The summed E-state index contributed by atoms with van der Waals surface area (Å²) < 4.78 is 79.2. The fraction of sp³-hybridized carbons (Fsp3) is 0.333. The summed E-state index contributed by atoms with van der Waals surface area (Å²) in [5.74, 6) is -2.40. The summed E-state index contributed by atoms with van der Waals surface area (Å²) in [5.41, 5.74) is -1.09. The van der Waals surface area contributed by atoms with Gasteiger partial charge in [-0.05, 0) is 49.2 Å². The molecule has 0 spiro atoms. The average molecular weight is 487 g/mol. The van der Waals surface area contributed by atoms with Crippen molar-refractivity contribution in [2.75, 3.05) is 25.5 Å². The number of halogens is 4. The first kappa shape index (κ1) is 24.6. The molecule has 0 atom stereocenters. The predicted octanol–water partition coefficient (Wildman–Crippen LogP) is 3.24. The van der Waals surface area contributed by atoms with E-state index in [9.17, 15) is 35.6 Å². The van der Waals surface area contributed by atoms with Crippen molar-refractivity contribution in [3.8, 4) is 0 Å². The van der Waals surface area contributed by atoms with Crippen molar-refractivity contribution in [2.45, 2.75) is 23.9 Å². The number of piperidine rings is 1. The molecular weight excluding hydrogens is 466 g/mol. The van der Waals surface area contributed by atoms with Gasteiger partial charge in [-0.2, -0.15) is 17.5 Å². The summed E-state index contributed by atoms with van der Waals surface area (Å²) in [7, 11) is -2.82. The van der Waals surface area contributed by atoms with Gasteiger partial charge in [-0.25, -0.2) is 12.8 Å². The van der Waals surface area contributed by atoms with E-state index < -0.39 is 50.2 Å². The van der Waals surface area contributed by atoms with Crippen LogP contribution >= 0.6 is 0 Å². The molecule has 178 valence electrons. The van der Waals surface area contributed by atoms with E-state index >= 15 is 0 Å². The molecule has 2 amide bonds. The van der Waals surface area contributed by atoms with Gasteiger partial charge in [0, 0.05) is 31.7 Å². The Morgan fingerprint density at radius 1 is 1.06 bits per heavy atom. The molecular formula is C21H21F4N3O4S. The minimum absolute atomic E-state index is 0.0520. The Balaban J connectivity index is 1.66. The van der Waals surface area contributed by atoms with Gasteiger partial charge in [-0.1, -0.05) is 6.07 Å². The summed E-state index contributed by atoms with van der Waals surface area (Å²) in [6, 6.07) is 7.05. The van der Waals surface area contributed by atoms with Gasteiger partial charge in [0.1, 0.15) is 5.82 Å². The molecule has 0 unspecified atom stereocenters. The minimum Gasteiger partial charge on any atom is -0.355 e. The third-order valence-electron chi connectivity index (χ3n) is 5.33. The van der Waals surface area contributed by atoms with E-state index in [1.54, 1.807) is 0 Å². The number of amides is 2. The molecule has 0 radical (unpaired) electrons. The first-order chi connectivity index (χ1) is 15.4. The molecule has 1 saturated heterocycles. The number of hydrogen-bond donors (Lipinski definition) is 2. The van der Waals surface area contributed by atoms with E-state index in [-0.39, 0.29) is 37.2 Å². The summed E-state index contributed by atoms with van der Waals surface area (Å²) in [4.78, 5) is 23.8. The van der Waals surface area contributed by atoms with Crippen LogP contribution in [0.15, 0.2) is 47.4 Å². The smallest absolute Gasteiger partial charge is 0.355 e. The molecule has 3 rings (SSSR count). The molecule has 7 nitrogen and oxygen atoms in total. The van der Waals surface area contributed by atoms with Crippen LogP contribution in [-0.2, 0) is 21.0 Å². The number of alkyl halides is 3. The Morgan fingerprint density at radius 2 is 1.73 bits per heavy atom. The van der Waals surface area contributed by atoms with Crippen molar-refractivity contribution in [1.29, 1.82) is 0 Å². The van der Waals surface area contributed by atoms with Crippen molar-refractivity contribution >= 4 is 27.5 Å². The van der Waals surface area contributed by atoms with Crippen molar-refractivity contribution < 1.29 is 35.6 Å². The number of hydrogen-bond acceptors (Lipinski definition) is 4. The van der Waals surface area contributed by atoms with E-state index in [2.05, 4.69) is 10.6 Å². The standard InChI is InChI=1S/C21H21F4N3O4S/c1-26-20(30)17-12-15(5-6-18(17)22)27-19(29)13-7-9-28(10-8-13)33(31,32)16-4-2-3-14(11-16)21(23,24)25/h2-6,11-13H,7-10H2,1H3,(H,26,30)(H,27,29). The molecule has 1 aliphatic heterocycles. The number of nitrogens with zero attached hydrogens (tertiary/aromatic N) is 1. The van der Waals surface area contributed by atoms with Crippen LogP contribution in [0, 0.1) is 11.7 Å². The number of anilines is 1. The Hall–Kier alpha value is -2.99. The quantitative estimate of drug-likeness (QED) is 0.633. The molecule has 12 heteroatoms. The van der Waals surface area contributed by atoms with Gasteiger partial charge in [0.05, 0.1) is 16.0 Å². The van der Waals surface area contributed by atoms with Crippen LogP contribution in [0.25, 0.3) is 0 Å². The Morgan fingerprint density at radius 3 is 2.33 bits per heavy atom. The first-order valence-electron chi connectivity index (χ1n) is 9.93. The van der Waals surface area contributed by atoms with Gasteiger partial charge in [0.15, 0.2) is 0 Å². The molecule has 33 heavy (non-hydrogen) atoms. The van der Waals surface area contributed by atoms with Crippen molar-refractivity contribution in [2.24, 2.45) is 5.92 Å². The van der Waals surface area contributed by atoms with Crippen LogP contribution in [-0.4, -0.2) is 44.7 Å². The van der Waals surface area contributed by atoms with E-state index in [0.29, 0.717) is 6.07 Å². The summed E-state index contributed by atoms with van der Waals surface area (Å²) in [6.07, 6.45) is -4.38. The minimum atomic E-state index is -4.67. The summed E-state index contributed by atoms with van der Waals surface area (Å²) in [6.45, 7) is -0.104. The first-order valence-corrected chi connectivity index (χ1v) is 11.4. The van der Waals surface area contributed by atoms with E-state index in [1.165, 1.54) is 19.2 Å². The third-order valence-corrected chi connectivity index (χ3v) is 7.22. The van der Waals surface area contributed by atoms with Crippen molar-refractivity contribution in [3.63, 3.8) is 0 Å². The number of sulfonamides is 1. The van der Waals surface area contributed by atoms with Gasteiger partial charge in [-0.15, -0.1) is 0 Å². The van der Waals surface area contributed by atoms with Crippen LogP contribution < -0.4 is 10.6 Å². The van der Waals surface area contributed by atoms with E-state index in [1.807, 2.05) is 0 Å². The molecule has 2 aromatic rings. The number of nitrogens with one attached hydrogen (secondary N) is 2. The number of benzene rings is 2. The molecule has 2 N–H and O–H groups in total. The number of rotatable bonds is 5. The zero-order valence-corrected chi connectivity index (χ0v) is 18.3. The summed E-state index contributed by atoms with van der Waals surface area (Å²) in [5, 5.41) is 4.88. The van der Waals surface area contributed by atoms with Crippen LogP contribution in [0.4, 0.5) is 23.2 Å². The zero-order valence-electron chi connectivity index (χ0n) is 17.4. The van der Waals surface area contributed by atoms with Gasteiger partial charge in [-0.3, -0.25) is 9.59 Å². The van der Waals surface area contributed by atoms with E-state index in [0.717, 1.165) is 28.6 Å². The molecule has 0 saturated carbocycles. The van der Waals surface area contributed by atoms with E-state index in [4.69, 9.17) is 0 Å². The summed E-state index contributed by atoms with van der Waals surface area (Å²) >= 11 is 0. The van der Waals surface area contributed by atoms with Gasteiger partial charge < -0.3 is 10.6 Å². The lowest BCUT2D eigenvalue weighted by Gasteiger charge is -2.30. The lowest BCUT2D eigenvalue weighted by molar-refractivity contribution is -0.137. The Labute approximate surface area is 187 Å². The highest BCUT2D eigenvalue weighted by Crippen LogP contribution is 2.32. The molecule has 1 heterocycles. The number of carbonyl (C=O) groups excluding carboxylic acids is 2. The van der Waals surface area contributed by atoms with Crippen LogP contribution in [0.2, 0.25) is 0 Å². The lowest BCUT2D eigenvalue weighted by atomic mass is 9.97. The van der Waals surface area contributed by atoms with Gasteiger partial charge >= 0.3 is 6.18 Å². The molecule has 2 aromatic carbocycles. The highest BCUT2D eigenvalue weighted by atomic mass is 32.2. The molecule has 0 aliphatic carbocycles. The SMILES string of the molecule is CNC(=O)c1cc(NC(=O)C2CCN(S(=O)(=O)c3cccc(C(F)(F)F)c3)CC2)ccc1F. The maximum Gasteiger partial charge on any atom is 0.416 e.